The van der Waals surface area contributed by atoms with Gasteiger partial charge in [-0.15, -0.1) is 16.6 Å². The molecule has 2 aromatic carbocycles. The first-order chi connectivity index (χ1) is 11.3. The maximum Gasteiger partial charge on any atom is 0.257 e. The summed E-state index contributed by atoms with van der Waals surface area (Å²) in [6.45, 7) is 0. The van der Waals surface area contributed by atoms with Crippen LogP contribution in [0.1, 0.15) is 0 Å². The van der Waals surface area contributed by atoms with E-state index in [2.05, 4.69) is 0 Å². The average molecular weight is 409 g/mol. The van der Waals surface area contributed by atoms with Crippen molar-refractivity contribution in [3.05, 3.63) is 58.3 Å². The van der Waals surface area contributed by atoms with E-state index >= 15 is 0 Å². The van der Waals surface area contributed by atoms with Gasteiger partial charge in [0.15, 0.2) is 0 Å². The van der Waals surface area contributed by atoms with Crippen LogP contribution < -0.4 is 10.3 Å². The van der Waals surface area contributed by atoms with Crippen molar-refractivity contribution >= 4 is 50.9 Å². The van der Waals surface area contributed by atoms with Gasteiger partial charge in [0, 0.05) is 9.92 Å². The van der Waals surface area contributed by atoms with Gasteiger partial charge in [0.25, 0.3) is 10.0 Å². The van der Waals surface area contributed by atoms with E-state index in [4.69, 9.17) is 23.2 Å². The van der Waals surface area contributed by atoms with E-state index in [0.717, 1.165) is 23.9 Å². The third-order valence-corrected chi connectivity index (χ3v) is 5.66. The largest absolute Gasteiger partial charge is 0.277 e. The molecule has 0 atom stereocenters. The Labute approximate surface area is 152 Å². The Balaban J connectivity index is 1.92. The Morgan fingerprint density at radius 1 is 1.17 bits per heavy atom. The van der Waals surface area contributed by atoms with Crippen LogP contribution in [-0.2, 0) is 14.8 Å². The van der Waals surface area contributed by atoms with Crippen LogP contribution in [0, 0.1) is 5.82 Å². The fourth-order valence-electron chi connectivity index (χ4n) is 1.58. The highest BCUT2D eigenvalue weighted by molar-refractivity contribution is 8.00. The molecular formula is C14H11Cl2FN2O3S2. The minimum absolute atomic E-state index is 0.0915. The summed E-state index contributed by atoms with van der Waals surface area (Å²) in [5, 5.41) is 0.895. The topological polar surface area (TPSA) is 75.3 Å². The van der Waals surface area contributed by atoms with Gasteiger partial charge in [-0.1, -0.05) is 29.3 Å². The molecule has 5 nitrogen and oxygen atoms in total. The van der Waals surface area contributed by atoms with Crippen LogP contribution >= 0.6 is 35.0 Å². The monoisotopic (exact) mass is 408 g/mol. The summed E-state index contributed by atoms with van der Waals surface area (Å²) >= 11 is 12.9. The van der Waals surface area contributed by atoms with Crippen molar-refractivity contribution in [2.45, 2.75) is 9.79 Å². The quantitative estimate of drug-likeness (QED) is 0.568. The number of thioether (sulfide) groups is 1. The number of carbonyl (C=O) groups is 1. The summed E-state index contributed by atoms with van der Waals surface area (Å²) in [6.07, 6.45) is 0. The molecule has 0 aromatic heterocycles. The standard InChI is InChI=1S/C14H11Cl2FN2O3S2/c15-9-4-5-12(16)13(6-9)23-8-14(20)18-19-24(21,22)11-3-1-2-10(17)7-11/h1-7,19H,8H2,(H,18,20). The normalized spacial score (nSPS) is 11.3. The summed E-state index contributed by atoms with van der Waals surface area (Å²) in [4.78, 5) is 13.9. The lowest BCUT2D eigenvalue weighted by atomic mass is 10.4. The molecule has 0 aliphatic carbocycles. The molecule has 128 valence electrons. The van der Waals surface area contributed by atoms with E-state index in [1.54, 1.807) is 18.2 Å². The van der Waals surface area contributed by atoms with Gasteiger partial charge in [0.05, 0.1) is 15.7 Å². The summed E-state index contributed by atoms with van der Waals surface area (Å²) < 4.78 is 36.9. The van der Waals surface area contributed by atoms with E-state index in [0.29, 0.717) is 14.9 Å². The van der Waals surface area contributed by atoms with Crippen molar-refractivity contribution in [3.8, 4) is 0 Å². The lowest BCUT2D eigenvalue weighted by molar-refractivity contribution is -0.119. The maximum absolute atomic E-state index is 13.1. The Morgan fingerprint density at radius 2 is 1.92 bits per heavy atom. The van der Waals surface area contributed by atoms with Crippen LogP contribution in [-0.4, -0.2) is 20.1 Å². The van der Waals surface area contributed by atoms with E-state index in [9.17, 15) is 17.6 Å². The molecule has 0 bridgehead atoms. The highest BCUT2D eigenvalue weighted by Gasteiger charge is 2.16. The van der Waals surface area contributed by atoms with Crippen LogP contribution in [0.15, 0.2) is 52.3 Å². The second-order valence-electron chi connectivity index (χ2n) is 4.47. The molecule has 0 heterocycles. The zero-order valence-corrected chi connectivity index (χ0v) is 15.1. The van der Waals surface area contributed by atoms with Crippen LogP contribution in [0.25, 0.3) is 0 Å². The highest BCUT2D eigenvalue weighted by Crippen LogP contribution is 2.29. The van der Waals surface area contributed by atoms with Gasteiger partial charge in [0.2, 0.25) is 5.91 Å². The number of carbonyl (C=O) groups excluding carboxylic acids is 1. The fourth-order valence-corrected chi connectivity index (χ4v) is 3.77. The number of hydrogen-bond donors (Lipinski definition) is 2. The molecule has 0 aliphatic heterocycles. The van der Waals surface area contributed by atoms with Gasteiger partial charge in [-0.05, 0) is 36.4 Å². The van der Waals surface area contributed by atoms with Crippen molar-refractivity contribution < 1.29 is 17.6 Å². The van der Waals surface area contributed by atoms with Crippen molar-refractivity contribution in [1.82, 2.24) is 10.3 Å². The van der Waals surface area contributed by atoms with Gasteiger partial charge in [-0.25, -0.2) is 12.8 Å². The summed E-state index contributed by atoms with van der Waals surface area (Å²) in [7, 11) is -4.05. The zero-order chi connectivity index (χ0) is 17.7. The number of nitrogens with one attached hydrogen (secondary N) is 2. The maximum atomic E-state index is 13.1. The van der Waals surface area contributed by atoms with E-state index in [1.807, 2.05) is 10.3 Å². The molecule has 0 spiro atoms. The minimum Gasteiger partial charge on any atom is -0.277 e. The molecule has 0 saturated heterocycles. The van der Waals surface area contributed by atoms with E-state index < -0.39 is 21.7 Å². The van der Waals surface area contributed by atoms with Crippen molar-refractivity contribution in [2.75, 3.05) is 5.75 Å². The first kappa shape index (κ1) is 19.0. The van der Waals surface area contributed by atoms with Gasteiger partial charge in [0.1, 0.15) is 5.82 Å². The predicted molar refractivity (Wildman–Crippen MR) is 92.1 cm³/mol. The van der Waals surface area contributed by atoms with E-state index in [1.165, 1.54) is 12.1 Å². The number of sulfonamides is 1. The van der Waals surface area contributed by atoms with Crippen LogP contribution in [0.4, 0.5) is 4.39 Å². The van der Waals surface area contributed by atoms with E-state index in [-0.39, 0.29) is 10.6 Å². The molecule has 2 N–H and O–H groups in total. The molecular weight excluding hydrogens is 398 g/mol. The third kappa shape index (κ3) is 5.35. The SMILES string of the molecule is O=C(CSc1cc(Cl)ccc1Cl)NNS(=O)(=O)c1cccc(F)c1. The van der Waals surface area contributed by atoms with Crippen LogP contribution in [0.5, 0.6) is 0 Å². The summed E-state index contributed by atoms with van der Waals surface area (Å²) in [5.74, 6) is -1.39. The summed E-state index contributed by atoms with van der Waals surface area (Å²) in [6, 6.07) is 9.22. The summed E-state index contributed by atoms with van der Waals surface area (Å²) in [5.41, 5.74) is 2.05. The fraction of sp³-hybridized carbons (Fsp3) is 0.0714. The van der Waals surface area contributed by atoms with Gasteiger partial charge >= 0.3 is 0 Å². The highest BCUT2D eigenvalue weighted by atomic mass is 35.5. The van der Waals surface area contributed by atoms with Gasteiger partial charge in [-0.3, -0.25) is 10.2 Å². The lowest BCUT2D eigenvalue weighted by Gasteiger charge is -2.09. The zero-order valence-electron chi connectivity index (χ0n) is 11.9. The number of hydrogen-bond acceptors (Lipinski definition) is 4. The van der Waals surface area contributed by atoms with Crippen LogP contribution in [0.3, 0.4) is 0 Å². The molecule has 1 amide bonds. The molecule has 0 unspecified atom stereocenters. The Morgan fingerprint density at radius 3 is 2.62 bits per heavy atom. The molecule has 2 rings (SSSR count). The smallest absolute Gasteiger partial charge is 0.257 e. The molecule has 24 heavy (non-hydrogen) atoms. The van der Waals surface area contributed by atoms with Crippen molar-refractivity contribution in [2.24, 2.45) is 0 Å². The Bertz CT molecular complexity index is 863. The first-order valence-corrected chi connectivity index (χ1v) is 9.64. The first-order valence-electron chi connectivity index (χ1n) is 6.42. The average Bonchev–Trinajstić information content (AvgIpc) is 2.54. The third-order valence-electron chi connectivity index (χ3n) is 2.68. The molecule has 0 fully saturated rings. The lowest BCUT2D eigenvalue weighted by Crippen LogP contribution is -2.42. The van der Waals surface area contributed by atoms with Gasteiger partial charge < -0.3 is 0 Å². The second kappa shape index (κ2) is 8.17. The number of amides is 1. The van der Waals surface area contributed by atoms with Gasteiger partial charge in [-0.2, -0.15) is 0 Å². The van der Waals surface area contributed by atoms with Crippen LogP contribution in [0.2, 0.25) is 10.0 Å². The number of halogens is 3. The molecule has 0 aliphatic rings. The van der Waals surface area contributed by atoms with Crippen molar-refractivity contribution in [1.29, 1.82) is 0 Å². The number of benzene rings is 2. The molecule has 0 radical (unpaired) electrons. The molecule has 2 aromatic rings. The predicted octanol–water partition coefficient (Wildman–Crippen LogP) is 3.23. The Kier molecular flexibility index (Phi) is 6.47. The molecule has 10 heteroatoms. The molecule has 0 saturated carbocycles. The Hall–Kier alpha value is -1.32. The number of hydrazine groups is 1. The van der Waals surface area contributed by atoms with Crippen molar-refractivity contribution in [3.63, 3.8) is 0 Å². The minimum atomic E-state index is -4.05. The number of rotatable bonds is 6. The second-order valence-corrected chi connectivity index (χ2v) is 8.02.